The molecule has 2 rings (SSSR count). The van der Waals surface area contributed by atoms with Crippen molar-refractivity contribution in [3.8, 4) is 11.5 Å². The van der Waals surface area contributed by atoms with Crippen LogP contribution in [0.1, 0.15) is 24.8 Å². The molecule has 0 amide bonds. The Morgan fingerprint density at radius 2 is 2.13 bits per heavy atom. The van der Waals surface area contributed by atoms with Gasteiger partial charge in [-0.1, -0.05) is 18.6 Å². The number of para-hydroxylation sites is 1. The largest absolute Gasteiger partial charge is 0.504 e. The third-order valence-electron chi connectivity index (χ3n) is 2.98. The molecule has 3 N–H and O–H groups in total. The lowest BCUT2D eigenvalue weighted by Crippen LogP contribution is -2.35. The highest BCUT2D eigenvalue weighted by molar-refractivity contribution is 5.44. The maximum Gasteiger partial charge on any atom is 0.160 e. The molecule has 1 fully saturated rings. The molecule has 3 heteroatoms. The smallest absolute Gasteiger partial charge is 0.160 e. The summed E-state index contributed by atoms with van der Waals surface area (Å²) in [5, 5.41) is 22.4. The Morgan fingerprint density at radius 3 is 2.87 bits per heavy atom. The number of phenols is 2. The number of piperidine rings is 1. The zero-order valence-electron chi connectivity index (χ0n) is 8.74. The number of hydrogen-bond acceptors (Lipinski definition) is 3. The fraction of sp³-hybridized carbons (Fsp3) is 0.500. The van der Waals surface area contributed by atoms with Crippen LogP contribution >= 0.6 is 0 Å². The monoisotopic (exact) mass is 207 g/mol. The van der Waals surface area contributed by atoms with Crippen LogP contribution in [-0.4, -0.2) is 22.8 Å². The van der Waals surface area contributed by atoms with Crippen LogP contribution in [0, 0.1) is 0 Å². The van der Waals surface area contributed by atoms with Gasteiger partial charge in [0.1, 0.15) is 0 Å². The number of hydrogen-bond donors (Lipinski definition) is 3. The zero-order chi connectivity index (χ0) is 10.7. The number of rotatable bonds is 2. The van der Waals surface area contributed by atoms with E-state index in [2.05, 4.69) is 5.32 Å². The molecule has 1 aromatic carbocycles. The molecule has 0 aromatic heterocycles. The Kier molecular flexibility index (Phi) is 3.11. The van der Waals surface area contributed by atoms with Crippen molar-refractivity contribution >= 4 is 0 Å². The summed E-state index contributed by atoms with van der Waals surface area (Å²) in [5.41, 5.74) is 0.828. The maximum atomic E-state index is 9.65. The van der Waals surface area contributed by atoms with E-state index >= 15 is 0 Å². The average molecular weight is 207 g/mol. The highest BCUT2D eigenvalue weighted by atomic mass is 16.3. The normalized spacial score (nSPS) is 21.5. The predicted octanol–water partition coefficient (Wildman–Crippen LogP) is 1.78. The van der Waals surface area contributed by atoms with E-state index in [4.69, 9.17) is 0 Å². The highest BCUT2D eigenvalue weighted by Gasteiger charge is 2.15. The van der Waals surface area contributed by atoms with Crippen molar-refractivity contribution in [3.05, 3.63) is 23.8 Å². The summed E-state index contributed by atoms with van der Waals surface area (Å²) < 4.78 is 0. The summed E-state index contributed by atoms with van der Waals surface area (Å²) in [4.78, 5) is 0. The Labute approximate surface area is 89.8 Å². The van der Waals surface area contributed by atoms with E-state index in [0.717, 1.165) is 24.9 Å². The van der Waals surface area contributed by atoms with Gasteiger partial charge in [-0.15, -0.1) is 0 Å². The van der Waals surface area contributed by atoms with Crippen molar-refractivity contribution in [2.24, 2.45) is 0 Å². The van der Waals surface area contributed by atoms with Crippen molar-refractivity contribution in [2.45, 2.75) is 31.7 Å². The topological polar surface area (TPSA) is 52.5 Å². The van der Waals surface area contributed by atoms with E-state index in [1.54, 1.807) is 6.07 Å². The van der Waals surface area contributed by atoms with E-state index in [0.29, 0.717) is 6.04 Å². The summed E-state index contributed by atoms with van der Waals surface area (Å²) in [7, 11) is 0. The molecule has 1 atom stereocenters. The van der Waals surface area contributed by atoms with Gasteiger partial charge in [-0.3, -0.25) is 0 Å². The first-order valence-electron chi connectivity index (χ1n) is 5.50. The molecule has 15 heavy (non-hydrogen) atoms. The molecule has 0 spiro atoms. The van der Waals surface area contributed by atoms with Crippen molar-refractivity contribution in [2.75, 3.05) is 6.54 Å². The second-order valence-electron chi connectivity index (χ2n) is 4.14. The predicted molar refractivity (Wildman–Crippen MR) is 59.1 cm³/mol. The Hall–Kier alpha value is -1.22. The van der Waals surface area contributed by atoms with Gasteiger partial charge in [-0.05, 0) is 37.4 Å². The number of nitrogens with one attached hydrogen (secondary N) is 1. The van der Waals surface area contributed by atoms with E-state index in [9.17, 15) is 10.2 Å². The molecule has 0 radical (unpaired) electrons. The molecule has 3 nitrogen and oxygen atoms in total. The fourth-order valence-electron chi connectivity index (χ4n) is 2.11. The zero-order valence-corrected chi connectivity index (χ0v) is 8.74. The fourth-order valence-corrected chi connectivity index (χ4v) is 2.11. The summed E-state index contributed by atoms with van der Waals surface area (Å²) >= 11 is 0. The number of benzene rings is 1. The van der Waals surface area contributed by atoms with Crippen LogP contribution in [0.5, 0.6) is 11.5 Å². The molecule has 1 aromatic rings. The first-order chi connectivity index (χ1) is 7.27. The maximum absolute atomic E-state index is 9.65. The minimum absolute atomic E-state index is 0.0247. The summed E-state index contributed by atoms with van der Waals surface area (Å²) in [6, 6.07) is 5.58. The lowest BCUT2D eigenvalue weighted by Gasteiger charge is -2.23. The molecule has 1 aliphatic rings. The van der Waals surface area contributed by atoms with Crippen LogP contribution in [0.3, 0.4) is 0 Å². The third kappa shape index (κ3) is 2.42. The van der Waals surface area contributed by atoms with Crippen molar-refractivity contribution in [1.82, 2.24) is 5.32 Å². The van der Waals surface area contributed by atoms with Gasteiger partial charge in [-0.2, -0.15) is 0 Å². The second kappa shape index (κ2) is 4.53. The Morgan fingerprint density at radius 1 is 1.27 bits per heavy atom. The quantitative estimate of drug-likeness (QED) is 0.648. The molecular formula is C12H17NO2. The minimum Gasteiger partial charge on any atom is -0.504 e. The lowest BCUT2D eigenvalue weighted by molar-refractivity contribution is 0.378. The van der Waals surface area contributed by atoms with Gasteiger partial charge in [0.05, 0.1) is 0 Å². The SMILES string of the molecule is Oc1cccc(CC2CCCCN2)c1O. The molecule has 1 saturated heterocycles. The van der Waals surface area contributed by atoms with Crippen molar-refractivity contribution in [3.63, 3.8) is 0 Å². The Balaban J connectivity index is 2.06. The third-order valence-corrected chi connectivity index (χ3v) is 2.98. The second-order valence-corrected chi connectivity index (χ2v) is 4.14. The molecule has 0 bridgehead atoms. The average Bonchev–Trinajstić information content (AvgIpc) is 2.26. The number of phenolic OH excluding ortho intramolecular Hbond substituents is 2. The molecule has 0 saturated carbocycles. The van der Waals surface area contributed by atoms with Gasteiger partial charge in [-0.25, -0.2) is 0 Å². The van der Waals surface area contributed by atoms with Gasteiger partial charge < -0.3 is 15.5 Å². The van der Waals surface area contributed by atoms with E-state index in [1.807, 2.05) is 6.07 Å². The van der Waals surface area contributed by atoms with Gasteiger partial charge in [0.15, 0.2) is 11.5 Å². The molecule has 82 valence electrons. The van der Waals surface area contributed by atoms with Gasteiger partial charge >= 0.3 is 0 Å². The van der Waals surface area contributed by atoms with E-state index in [1.165, 1.54) is 18.9 Å². The van der Waals surface area contributed by atoms with Crippen molar-refractivity contribution in [1.29, 1.82) is 0 Å². The van der Waals surface area contributed by atoms with Gasteiger partial charge in [0, 0.05) is 6.04 Å². The van der Waals surface area contributed by atoms with Crippen LogP contribution in [0.15, 0.2) is 18.2 Å². The highest BCUT2D eigenvalue weighted by Crippen LogP contribution is 2.29. The van der Waals surface area contributed by atoms with Crippen LogP contribution in [0.4, 0.5) is 0 Å². The Bertz CT molecular complexity index is 332. The van der Waals surface area contributed by atoms with Crippen LogP contribution in [0.25, 0.3) is 0 Å². The summed E-state index contributed by atoms with van der Waals surface area (Å²) in [5.74, 6) is 0.00758. The molecule has 0 aliphatic carbocycles. The van der Waals surface area contributed by atoms with Gasteiger partial charge in [0.25, 0.3) is 0 Å². The first kappa shape index (κ1) is 10.3. The first-order valence-corrected chi connectivity index (χ1v) is 5.50. The molecule has 1 unspecified atom stereocenters. The number of aromatic hydroxyl groups is 2. The molecule has 1 heterocycles. The molecule has 1 aliphatic heterocycles. The lowest BCUT2D eigenvalue weighted by atomic mass is 9.97. The van der Waals surface area contributed by atoms with Gasteiger partial charge in [0.2, 0.25) is 0 Å². The van der Waals surface area contributed by atoms with Crippen LogP contribution < -0.4 is 5.32 Å². The van der Waals surface area contributed by atoms with E-state index in [-0.39, 0.29) is 11.5 Å². The standard InChI is InChI=1S/C12H17NO2/c14-11-6-3-4-9(12(11)15)8-10-5-1-2-7-13-10/h3-4,6,10,13-15H,1-2,5,7-8H2. The summed E-state index contributed by atoms with van der Waals surface area (Å²) in [6.07, 6.45) is 4.43. The van der Waals surface area contributed by atoms with Crippen LogP contribution in [-0.2, 0) is 6.42 Å². The van der Waals surface area contributed by atoms with E-state index < -0.39 is 0 Å². The molecular weight excluding hydrogens is 190 g/mol. The summed E-state index contributed by atoms with van der Waals surface area (Å²) in [6.45, 7) is 1.06. The van der Waals surface area contributed by atoms with Crippen molar-refractivity contribution < 1.29 is 10.2 Å². The minimum atomic E-state index is -0.0247. The van der Waals surface area contributed by atoms with Crippen LogP contribution in [0.2, 0.25) is 0 Å².